The molecule has 2 N–H and O–H groups in total. The fraction of sp³-hybridized carbons (Fsp3) is 0.917. The highest BCUT2D eigenvalue weighted by molar-refractivity contribution is 5.73. The molecule has 1 unspecified atom stereocenters. The normalized spacial score (nSPS) is 20.7. The van der Waals surface area contributed by atoms with E-state index in [1.807, 2.05) is 0 Å². The Labute approximate surface area is 98.0 Å². The van der Waals surface area contributed by atoms with Crippen LogP contribution in [0.1, 0.15) is 33.1 Å². The second-order valence-electron chi connectivity index (χ2n) is 4.50. The van der Waals surface area contributed by atoms with E-state index < -0.39 is 5.97 Å². The summed E-state index contributed by atoms with van der Waals surface area (Å²) in [6.45, 7) is 7.84. The van der Waals surface area contributed by atoms with E-state index in [0.717, 1.165) is 45.4 Å². The van der Waals surface area contributed by atoms with Crippen LogP contribution < -0.4 is 5.32 Å². The van der Waals surface area contributed by atoms with Gasteiger partial charge in [0, 0.05) is 19.6 Å². The number of aliphatic carboxylic acids is 1. The average Bonchev–Trinajstić information content (AvgIpc) is 2.53. The fourth-order valence-corrected chi connectivity index (χ4v) is 2.54. The highest BCUT2D eigenvalue weighted by atomic mass is 16.4. The van der Waals surface area contributed by atoms with E-state index in [-0.39, 0.29) is 12.0 Å². The van der Waals surface area contributed by atoms with Crippen LogP contribution in [-0.2, 0) is 4.79 Å². The monoisotopic (exact) mass is 228 g/mol. The first-order chi connectivity index (χ1) is 7.70. The Balaban J connectivity index is 2.70. The summed E-state index contributed by atoms with van der Waals surface area (Å²) in [7, 11) is 0. The molecule has 4 nitrogen and oxygen atoms in total. The Bertz CT molecular complexity index is 209. The molecule has 94 valence electrons. The summed E-state index contributed by atoms with van der Waals surface area (Å²) < 4.78 is 0. The third kappa shape index (κ3) is 3.46. The second-order valence-corrected chi connectivity index (χ2v) is 4.50. The molecular weight excluding hydrogens is 204 g/mol. The molecule has 1 aliphatic rings. The molecule has 16 heavy (non-hydrogen) atoms. The lowest BCUT2D eigenvalue weighted by atomic mass is 9.92. The third-order valence-corrected chi connectivity index (χ3v) is 3.52. The molecule has 1 saturated heterocycles. The minimum atomic E-state index is -0.657. The minimum absolute atomic E-state index is 0.274. The molecule has 1 rings (SSSR count). The van der Waals surface area contributed by atoms with Crippen LogP contribution >= 0.6 is 0 Å². The molecule has 1 fully saturated rings. The quantitative estimate of drug-likeness (QED) is 0.741. The number of hydrogen-bond acceptors (Lipinski definition) is 3. The number of carboxylic acids is 1. The van der Waals surface area contributed by atoms with Gasteiger partial charge < -0.3 is 10.4 Å². The van der Waals surface area contributed by atoms with Gasteiger partial charge in [-0.1, -0.05) is 26.7 Å². The lowest BCUT2D eigenvalue weighted by Gasteiger charge is -2.32. The van der Waals surface area contributed by atoms with Crippen molar-refractivity contribution in [1.29, 1.82) is 0 Å². The number of carboxylic acid groups (broad SMARTS) is 1. The minimum Gasteiger partial charge on any atom is -0.480 e. The van der Waals surface area contributed by atoms with Gasteiger partial charge in [0.25, 0.3) is 0 Å². The van der Waals surface area contributed by atoms with Gasteiger partial charge in [-0.2, -0.15) is 0 Å². The SMILES string of the molecule is CCC(CC)C(C(=O)O)N1CCCNCC1. The van der Waals surface area contributed by atoms with E-state index in [2.05, 4.69) is 24.1 Å². The Morgan fingerprint density at radius 3 is 2.56 bits per heavy atom. The molecule has 0 amide bonds. The lowest BCUT2D eigenvalue weighted by molar-refractivity contribution is -0.145. The van der Waals surface area contributed by atoms with Crippen molar-refractivity contribution in [2.24, 2.45) is 5.92 Å². The van der Waals surface area contributed by atoms with Gasteiger partial charge in [-0.3, -0.25) is 9.69 Å². The van der Waals surface area contributed by atoms with Crippen molar-refractivity contribution in [3.05, 3.63) is 0 Å². The van der Waals surface area contributed by atoms with Crippen molar-refractivity contribution in [3.63, 3.8) is 0 Å². The molecule has 4 heteroatoms. The van der Waals surface area contributed by atoms with Gasteiger partial charge in [-0.05, 0) is 18.9 Å². The predicted molar refractivity (Wildman–Crippen MR) is 64.6 cm³/mol. The third-order valence-electron chi connectivity index (χ3n) is 3.52. The summed E-state index contributed by atoms with van der Waals surface area (Å²) in [6.07, 6.45) is 2.93. The molecule has 1 aliphatic heterocycles. The molecular formula is C12H24N2O2. The molecule has 0 aromatic carbocycles. The van der Waals surface area contributed by atoms with E-state index in [9.17, 15) is 9.90 Å². The van der Waals surface area contributed by atoms with E-state index >= 15 is 0 Å². The number of carbonyl (C=O) groups is 1. The van der Waals surface area contributed by atoms with Gasteiger partial charge in [0.1, 0.15) is 6.04 Å². The van der Waals surface area contributed by atoms with Crippen molar-refractivity contribution in [2.75, 3.05) is 26.2 Å². The molecule has 0 spiro atoms. The van der Waals surface area contributed by atoms with Gasteiger partial charge >= 0.3 is 5.97 Å². The van der Waals surface area contributed by atoms with E-state index in [4.69, 9.17) is 0 Å². The van der Waals surface area contributed by atoms with Gasteiger partial charge in [-0.15, -0.1) is 0 Å². The number of nitrogens with zero attached hydrogens (tertiary/aromatic N) is 1. The molecule has 0 aromatic rings. The first kappa shape index (κ1) is 13.5. The molecule has 0 bridgehead atoms. The highest BCUT2D eigenvalue weighted by Gasteiger charge is 2.31. The zero-order valence-corrected chi connectivity index (χ0v) is 10.4. The van der Waals surface area contributed by atoms with Crippen LogP contribution in [-0.4, -0.2) is 48.2 Å². The van der Waals surface area contributed by atoms with Gasteiger partial charge in [0.2, 0.25) is 0 Å². The van der Waals surface area contributed by atoms with Crippen molar-refractivity contribution in [2.45, 2.75) is 39.2 Å². The Hall–Kier alpha value is -0.610. The summed E-state index contributed by atoms with van der Waals surface area (Å²) in [5.74, 6) is -0.383. The van der Waals surface area contributed by atoms with E-state index in [1.54, 1.807) is 0 Å². The van der Waals surface area contributed by atoms with Gasteiger partial charge in [0.15, 0.2) is 0 Å². The smallest absolute Gasteiger partial charge is 0.321 e. The van der Waals surface area contributed by atoms with Crippen molar-refractivity contribution in [3.8, 4) is 0 Å². The lowest BCUT2D eigenvalue weighted by Crippen LogP contribution is -2.47. The zero-order chi connectivity index (χ0) is 12.0. The summed E-state index contributed by atoms with van der Waals surface area (Å²) in [5, 5.41) is 12.7. The van der Waals surface area contributed by atoms with Crippen molar-refractivity contribution in [1.82, 2.24) is 10.2 Å². The van der Waals surface area contributed by atoms with E-state index in [1.165, 1.54) is 0 Å². The maximum atomic E-state index is 11.4. The molecule has 1 atom stereocenters. The number of hydrogen-bond donors (Lipinski definition) is 2. The second kappa shape index (κ2) is 6.86. The first-order valence-corrected chi connectivity index (χ1v) is 6.38. The Kier molecular flexibility index (Phi) is 5.77. The largest absolute Gasteiger partial charge is 0.480 e. The summed E-state index contributed by atoms with van der Waals surface area (Å²) in [6, 6.07) is -0.296. The Morgan fingerprint density at radius 2 is 2.00 bits per heavy atom. The average molecular weight is 228 g/mol. The first-order valence-electron chi connectivity index (χ1n) is 6.38. The summed E-state index contributed by atoms with van der Waals surface area (Å²) in [4.78, 5) is 13.5. The molecule has 0 saturated carbocycles. The van der Waals surface area contributed by atoms with Crippen molar-refractivity contribution >= 4 is 5.97 Å². The van der Waals surface area contributed by atoms with Gasteiger partial charge in [0.05, 0.1) is 0 Å². The molecule has 0 aromatic heterocycles. The maximum Gasteiger partial charge on any atom is 0.321 e. The predicted octanol–water partition coefficient (Wildman–Crippen LogP) is 1.17. The topological polar surface area (TPSA) is 52.6 Å². The van der Waals surface area contributed by atoms with Crippen LogP contribution in [0.15, 0.2) is 0 Å². The number of nitrogens with one attached hydrogen (secondary N) is 1. The van der Waals surface area contributed by atoms with Crippen LogP contribution in [0, 0.1) is 5.92 Å². The summed E-state index contributed by atoms with van der Waals surface area (Å²) in [5.41, 5.74) is 0. The molecule has 0 aliphatic carbocycles. The van der Waals surface area contributed by atoms with Crippen LogP contribution in [0.4, 0.5) is 0 Å². The fourth-order valence-electron chi connectivity index (χ4n) is 2.54. The summed E-state index contributed by atoms with van der Waals surface area (Å²) >= 11 is 0. The van der Waals surface area contributed by atoms with Crippen LogP contribution in [0.2, 0.25) is 0 Å². The molecule has 0 radical (unpaired) electrons. The Morgan fingerprint density at radius 1 is 1.31 bits per heavy atom. The maximum absolute atomic E-state index is 11.4. The number of rotatable bonds is 5. The van der Waals surface area contributed by atoms with Crippen LogP contribution in [0.25, 0.3) is 0 Å². The van der Waals surface area contributed by atoms with E-state index in [0.29, 0.717) is 0 Å². The van der Waals surface area contributed by atoms with Crippen LogP contribution in [0.5, 0.6) is 0 Å². The van der Waals surface area contributed by atoms with Gasteiger partial charge in [-0.25, -0.2) is 0 Å². The van der Waals surface area contributed by atoms with Crippen molar-refractivity contribution < 1.29 is 9.90 Å². The highest BCUT2D eigenvalue weighted by Crippen LogP contribution is 2.19. The standard InChI is InChI=1S/C12H24N2O2/c1-3-10(4-2)11(12(15)16)14-8-5-6-13-7-9-14/h10-11,13H,3-9H2,1-2H3,(H,15,16). The van der Waals surface area contributed by atoms with Crippen LogP contribution in [0.3, 0.4) is 0 Å². The molecule has 1 heterocycles. The zero-order valence-electron chi connectivity index (χ0n) is 10.4.